The SMILES string of the molecule is CCC(C)SCC(NC)c1ccc2c(c1)CCO2. The van der Waals surface area contributed by atoms with Gasteiger partial charge in [-0.1, -0.05) is 26.0 Å². The van der Waals surface area contributed by atoms with Crippen molar-refractivity contribution in [3.8, 4) is 5.75 Å². The summed E-state index contributed by atoms with van der Waals surface area (Å²) in [7, 11) is 2.05. The Morgan fingerprint density at radius 3 is 3.00 bits per heavy atom. The minimum absolute atomic E-state index is 0.440. The maximum atomic E-state index is 5.56. The Morgan fingerprint density at radius 1 is 1.44 bits per heavy atom. The van der Waals surface area contributed by atoms with Crippen LogP contribution in [0.3, 0.4) is 0 Å². The van der Waals surface area contributed by atoms with Crippen LogP contribution >= 0.6 is 11.8 Å². The van der Waals surface area contributed by atoms with Gasteiger partial charge in [-0.25, -0.2) is 0 Å². The highest BCUT2D eigenvalue weighted by Crippen LogP contribution is 2.30. The van der Waals surface area contributed by atoms with Gasteiger partial charge in [0.2, 0.25) is 0 Å². The van der Waals surface area contributed by atoms with Gasteiger partial charge in [-0.3, -0.25) is 0 Å². The first-order valence-corrected chi connectivity index (χ1v) is 7.84. The van der Waals surface area contributed by atoms with E-state index in [9.17, 15) is 0 Å². The van der Waals surface area contributed by atoms with E-state index in [1.807, 2.05) is 18.8 Å². The lowest BCUT2D eigenvalue weighted by Crippen LogP contribution is -2.19. The zero-order valence-electron chi connectivity index (χ0n) is 11.5. The van der Waals surface area contributed by atoms with Crippen LogP contribution in [-0.4, -0.2) is 24.7 Å². The van der Waals surface area contributed by atoms with E-state index in [-0.39, 0.29) is 0 Å². The largest absolute Gasteiger partial charge is 0.493 e. The molecule has 0 saturated heterocycles. The van der Waals surface area contributed by atoms with Crippen LogP contribution in [0.5, 0.6) is 5.75 Å². The molecule has 0 aromatic heterocycles. The number of hydrogen-bond acceptors (Lipinski definition) is 3. The molecule has 0 spiro atoms. The molecule has 18 heavy (non-hydrogen) atoms. The zero-order valence-corrected chi connectivity index (χ0v) is 12.3. The van der Waals surface area contributed by atoms with Crippen LogP contribution in [0.1, 0.15) is 37.4 Å². The second-order valence-corrected chi connectivity index (χ2v) is 6.33. The van der Waals surface area contributed by atoms with Crippen molar-refractivity contribution in [1.82, 2.24) is 5.32 Å². The van der Waals surface area contributed by atoms with Crippen molar-refractivity contribution < 1.29 is 4.74 Å². The summed E-state index contributed by atoms with van der Waals surface area (Å²) in [6.07, 6.45) is 2.29. The van der Waals surface area contributed by atoms with Gasteiger partial charge in [-0.2, -0.15) is 11.8 Å². The van der Waals surface area contributed by atoms with Crippen molar-refractivity contribution in [2.75, 3.05) is 19.4 Å². The molecule has 100 valence electrons. The van der Waals surface area contributed by atoms with Crippen LogP contribution in [0.15, 0.2) is 18.2 Å². The molecule has 1 heterocycles. The average molecular weight is 265 g/mol. The van der Waals surface area contributed by atoms with E-state index in [2.05, 4.69) is 37.4 Å². The van der Waals surface area contributed by atoms with E-state index in [4.69, 9.17) is 4.74 Å². The molecule has 0 fully saturated rings. The molecule has 1 aliphatic heterocycles. The highest BCUT2D eigenvalue weighted by molar-refractivity contribution is 7.99. The predicted molar refractivity (Wildman–Crippen MR) is 79.7 cm³/mol. The van der Waals surface area contributed by atoms with E-state index < -0.39 is 0 Å². The van der Waals surface area contributed by atoms with Gasteiger partial charge in [0, 0.05) is 23.5 Å². The van der Waals surface area contributed by atoms with Crippen molar-refractivity contribution in [3.63, 3.8) is 0 Å². The van der Waals surface area contributed by atoms with Gasteiger partial charge in [-0.15, -0.1) is 0 Å². The molecule has 1 aliphatic rings. The Bertz CT molecular complexity index is 394. The average Bonchev–Trinajstić information content (AvgIpc) is 2.86. The van der Waals surface area contributed by atoms with E-state index >= 15 is 0 Å². The first-order chi connectivity index (χ1) is 8.74. The van der Waals surface area contributed by atoms with Crippen molar-refractivity contribution >= 4 is 11.8 Å². The van der Waals surface area contributed by atoms with E-state index in [1.54, 1.807) is 0 Å². The normalized spacial score (nSPS) is 17.1. The third kappa shape index (κ3) is 3.21. The van der Waals surface area contributed by atoms with Crippen molar-refractivity contribution in [1.29, 1.82) is 0 Å². The topological polar surface area (TPSA) is 21.3 Å². The Kier molecular flexibility index (Phi) is 4.95. The second kappa shape index (κ2) is 6.48. The number of rotatable bonds is 6. The van der Waals surface area contributed by atoms with Crippen LogP contribution in [0, 0.1) is 0 Å². The van der Waals surface area contributed by atoms with Crippen LogP contribution in [0.25, 0.3) is 0 Å². The first-order valence-electron chi connectivity index (χ1n) is 6.79. The number of hydrogen-bond donors (Lipinski definition) is 1. The van der Waals surface area contributed by atoms with Gasteiger partial charge in [0.25, 0.3) is 0 Å². The lowest BCUT2D eigenvalue weighted by molar-refractivity contribution is 0.357. The third-order valence-electron chi connectivity index (χ3n) is 3.59. The number of thioether (sulfide) groups is 1. The van der Waals surface area contributed by atoms with Gasteiger partial charge in [0.1, 0.15) is 5.75 Å². The van der Waals surface area contributed by atoms with E-state index in [0.717, 1.165) is 29.8 Å². The lowest BCUT2D eigenvalue weighted by Gasteiger charge is -2.19. The summed E-state index contributed by atoms with van der Waals surface area (Å²) < 4.78 is 5.56. The first kappa shape index (κ1) is 13.8. The highest BCUT2D eigenvalue weighted by Gasteiger charge is 2.16. The molecule has 2 nitrogen and oxygen atoms in total. The molecule has 2 rings (SSSR count). The third-order valence-corrected chi connectivity index (χ3v) is 5.01. The Hall–Kier alpha value is -0.670. The van der Waals surface area contributed by atoms with Crippen LogP contribution < -0.4 is 10.1 Å². The van der Waals surface area contributed by atoms with Crippen molar-refractivity contribution in [3.05, 3.63) is 29.3 Å². The number of nitrogens with one attached hydrogen (secondary N) is 1. The van der Waals surface area contributed by atoms with Gasteiger partial charge in [0.15, 0.2) is 0 Å². The number of ether oxygens (including phenoxy) is 1. The maximum Gasteiger partial charge on any atom is 0.122 e. The van der Waals surface area contributed by atoms with Gasteiger partial charge < -0.3 is 10.1 Å². The molecule has 0 saturated carbocycles. The fourth-order valence-electron chi connectivity index (χ4n) is 2.15. The molecule has 2 unspecified atom stereocenters. The predicted octanol–water partition coefficient (Wildman–Crippen LogP) is 3.41. The van der Waals surface area contributed by atoms with E-state index in [0.29, 0.717) is 6.04 Å². The quantitative estimate of drug-likeness (QED) is 0.851. The molecule has 2 atom stereocenters. The number of fused-ring (bicyclic) bond motifs is 1. The zero-order chi connectivity index (χ0) is 13.0. The van der Waals surface area contributed by atoms with Crippen LogP contribution in [0.2, 0.25) is 0 Å². The Balaban J connectivity index is 2.03. The Labute approximate surface area is 114 Å². The maximum absolute atomic E-state index is 5.56. The summed E-state index contributed by atoms with van der Waals surface area (Å²) in [5.74, 6) is 2.20. The lowest BCUT2D eigenvalue weighted by atomic mass is 10.0. The minimum atomic E-state index is 0.440. The van der Waals surface area contributed by atoms with Gasteiger partial charge in [-0.05, 0) is 30.7 Å². The molecule has 0 aliphatic carbocycles. The minimum Gasteiger partial charge on any atom is -0.493 e. The Morgan fingerprint density at radius 2 is 2.28 bits per heavy atom. The molecular formula is C15H23NOS. The monoisotopic (exact) mass is 265 g/mol. The molecule has 1 aromatic carbocycles. The fraction of sp³-hybridized carbons (Fsp3) is 0.600. The molecule has 1 aromatic rings. The molecule has 3 heteroatoms. The summed E-state index contributed by atoms with van der Waals surface area (Å²) in [5.41, 5.74) is 2.75. The van der Waals surface area contributed by atoms with Crippen molar-refractivity contribution in [2.24, 2.45) is 0 Å². The molecule has 1 N–H and O–H groups in total. The summed E-state index contributed by atoms with van der Waals surface area (Å²) >= 11 is 2.04. The summed E-state index contributed by atoms with van der Waals surface area (Å²) in [6, 6.07) is 7.06. The van der Waals surface area contributed by atoms with Crippen molar-refractivity contribution in [2.45, 2.75) is 38.0 Å². The molecule has 0 amide bonds. The van der Waals surface area contributed by atoms with Crippen LogP contribution in [-0.2, 0) is 6.42 Å². The molecular weight excluding hydrogens is 242 g/mol. The summed E-state index contributed by atoms with van der Waals surface area (Å²) in [4.78, 5) is 0. The molecule has 0 radical (unpaired) electrons. The standard InChI is InChI=1S/C15H23NOS/c1-4-11(2)18-10-14(16-3)12-5-6-15-13(9-12)7-8-17-15/h5-6,9,11,14,16H,4,7-8,10H2,1-3H3. The fourth-order valence-corrected chi connectivity index (χ4v) is 3.26. The van der Waals surface area contributed by atoms with E-state index in [1.165, 1.54) is 17.5 Å². The second-order valence-electron chi connectivity index (χ2n) is 4.86. The highest BCUT2D eigenvalue weighted by atomic mass is 32.2. The smallest absolute Gasteiger partial charge is 0.122 e. The number of benzene rings is 1. The summed E-state index contributed by atoms with van der Waals surface area (Å²) in [6.45, 7) is 5.39. The summed E-state index contributed by atoms with van der Waals surface area (Å²) in [5, 5.41) is 4.16. The van der Waals surface area contributed by atoms with Gasteiger partial charge >= 0.3 is 0 Å². The van der Waals surface area contributed by atoms with Gasteiger partial charge in [0.05, 0.1) is 6.61 Å². The molecule has 0 bridgehead atoms. The van der Waals surface area contributed by atoms with Crippen LogP contribution in [0.4, 0.5) is 0 Å².